The predicted molar refractivity (Wildman–Crippen MR) is 99.0 cm³/mol. The molecule has 6 nitrogen and oxygen atoms in total. The molecule has 2 unspecified atom stereocenters. The molecule has 0 bridgehead atoms. The third kappa shape index (κ3) is 11.1. The zero-order valence-corrected chi connectivity index (χ0v) is 16.0. The quantitative estimate of drug-likeness (QED) is 0.321. The van der Waals surface area contributed by atoms with Gasteiger partial charge in [-0.25, -0.2) is 9.59 Å². The Morgan fingerprint density at radius 2 is 1.69 bits per heavy atom. The summed E-state index contributed by atoms with van der Waals surface area (Å²) in [5.41, 5.74) is 1.11. The molecule has 2 saturated heterocycles. The fourth-order valence-electron chi connectivity index (χ4n) is 2.07. The van der Waals surface area contributed by atoms with Gasteiger partial charge in [-0.15, -0.1) is 0 Å². The number of carbonyl (C=O) groups excluding carboxylic acids is 1. The number of unbranched alkanes of at least 4 members (excludes halogenated alkanes) is 2. The van der Waals surface area contributed by atoms with E-state index in [0.717, 1.165) is 45.1 Å². The van der Waals surface area contributed by atoms with Crippen LogP contribution in [-0.4, -0.2) is 49.1 Å². The van der Waals surface area contributed by atoms with Crippen LogP contribution in [0.5, 0.6) is 0 Å². The molecule has 2 rings (SSSR count). The Morgan fingerprint density at radius 1 is 1.12 bits per heavy atom. The van der Waals surface area contributed by atoms with Crippen molar-refractivity contribution in [3.63, 3.8) is 0 Å². The van der Waals surface area contributed by atoms with Crippen LogP contribution in [-0.2, 0) is 23.8 Å². The second-order valence-electron chi connectivity index (χ2n) is 6.59. The summed E-state index contributed by atoms with van der Waals surface area (Å²) in [6, 6.07) is 0. The molecule has 26 heavy (non-hydrogen) atoms. The number of aliphatic carboxylic acids is 1. The minimum absolute atomic E-state index is 0.142. The van der Waals surface area contributed by atoms with E-state index in [4.69, 9.17) is 19.3 Å². The number of epoxide rings is 2. The minimum atomic E-state index is -0.783. The Balaban J connectivity index is 0.000000260. The molecule has 2 fully saturated rings. The van der Waals surface area contributed by atoms with E-state index in [1.54, 1.807) is 6.08 Å². The van der Waals surface area contributed by atoms with Gasteiger partial charge < -0.3 is 19.3 Å². The molecule has 1 N–H and O–H groups in total. The van der Waals surface area contributed by atoms with Crippen molar-refractivity contribution in [2.24, 2.45) is 0 Å². The summed E-state index contributed by atoms with van der Waals surface area (Å²) in [6.45, 7) is 9.70. The first kappa shape index (κ1) is 22.4. The molecule has 0 radical (unpaired) electrons. The van der Waals surface area contributed by atoms with Gasteiger partial charge in [0.15, 0.2) is 0 Å². The Morgan fingerprint density at radius 3 is 2.19 bits per heavy atom. The fraction of sp³-hybridized carbons (Fsp3) is 0.700. The van der Waals surface area contributed by atoms with E-state index < -0.39 is 5.97 Å². The van der Waals surface area contributed by atoms with Crippen LogP contribution in [0.15, 0.2) is 23.8 Å². The summed E-state index contributed by atoms with van der Waals surface area (Å²) < 4.78 is 14.9. The van der Waals surface area contributed by atoms with Gasteiger partial charge in [-0.2, -0.15) is 0 Å². The highest BCUT2D eigenvalue weighted by atomic mass is 16.6. The molecular formula is C20H32O6. The van der Waals surface area contributed by atoms with Gasteiger partial charge in [0.05, 0.1) is 19.3 Å². The molecule has 0 aromatic rings. The molecule has 2 aliphatic heterocycles. The van der Waals surface area contributed by atoms with Crippen LogP contribution in [0, 0.1) is 0 Å². The molecule has 0 spiro atoms. The topological polar surface area (TPSA) is 88.7 Å². The largest absolute Gasteiger partial charge is 0.478 e. The van der Waals surface area contributed by atoms with Gasteiger partial charge >= 0.3 is 11.9 Å². The fourth-order valence-corrected chi connectivity index (χ4v) is 2.07. The van der Waals surface area contributed by atoms with Crippen molar-refractivity contribution in [3.05, 3.63) is 23.8 Å². The number of carboxylic acids is 1. The van der Waals surface area contributed by atoms with Gasteiger partial charge in [0, 0.05) is 11.1 Å². The maximum Gasteiger partial charge on any atom is 0.333 e. The molecule has 0 amide bonds. The third-order valence-corrected chi connectivity index (χ3v) is 4.03. The maximum absolute atomic E-state index is 11.2. The lowest BCUT2D eigenvalue weighted by Gasteiger charge is -2.04. The second-order valence-corrected chi connectivity index (χ2v) is 6.59. The summed E-state index contributed by atoms with van der Waals surface area (Å²) in [4.78, 5) is 21.9. The van der Waals surface area contributed by atoms with Crippen LogP contribution >= 0.6 is 0 Å². The summed E-state index contributed by atoms with van der Waals surface area (Å²) in [6.07, 6.45) is 8.44. The van der Waals surface area contributed by atoms with Gasteiger partial charge in [0.2, 0.25) is 0 Å². The van der Waals surface area contributed by atoms with Gasteiger partial charge in [-0.3, -0.25) is 0 Å². The maximum atomic E-state index is 11.2. The van der Waals surface area contributed by atoms with Crippen LogP contribution in [0.1, 0.15) is 58.8 Å². The lowest BCUT2D eigenvalue weighted by atomic mass is 10.1. The van der Waals surface area contributed by atoms with Gasteiger partial charge in [0.25, 0.3) is 0 Å². The normalized spacial score (nSPS) is 20.6. The van der Waals surface area contributed by atoms with E-state index in [1.807, 2.05) is 0 Å². The molecule has 0 aromatic heterocycles. The zero-order chi connectivity index (χ0) is 19.4. The van der Waals surface area contributed by atoms with Crippen LogP contribution in [0.2, 0.25) is 0 Å². The molecule has 2 heterocycles. The average molecular weight is 368 g/mol. The first-order valence-corrected chi connectivity index (χ1v) is 9.48. The Hall–Kier alpha value is -1.66. The van der Waals surface area contributed by atoms with E-state index in [9.17, 15) is 9.59 Å². The molecule has 2 aliphatic rings. The number of carboxylic acid groups (broad SMARTS) is 1. The van der Waals surface area contributed by atoms with Crippen LogP contribution in [0.4, 0.5) is 0 Å². The van der Waals surface area contributed by atoms with E-state index in [0.29, 0.717) is 30.8 Å². The van der Waals surface area contributed by atoms with Crippen molar-refractivity contribution in [1.29, 1.82) is 0 Å². The number of hydrogen-bond acceptors (Lipinski definition) is 5. The van der Waals surface area contributed by atoms with Crippen molar-refractivity contribution < 1.29 is 28.9 Å². The Bertz CT molecular complexity index is 489. The van der Waals surface area contributed by atoms with Gasteiger partial charge in [-0.05, 0) is 32.1 Å². The van der Waals surface area contributed by atoms with E-state index in [-0.39, 0.29) is 18.2 Å². The molecule has 6 heteroatoms. The van der Waals surface area contributed by atoms with Crippen molar-refractivity contribution >= 4 is 11.9 Å². The van der Waals surface area contributed by atoms with Crippen LogP contribution < -0.4 is 0 Å². The molecule has 0 aromatic carbocycles. The number of hydrogen-bond donors (Lipinski definition) is 1. The average Bonchev–Trinajstić information content (AvgIpc) is 3.52. The summed E-state index contributed by atoms with van der Waals surface area (Å²) >= 11 is 0. The smallest absolute Gasteiger partial charge is 0.333 e. The van der Waals surface area contributed by atoms with Crippen molar-refractivity contribution in [3.8, 4) is 0 Å². The lowest BCUT2D eigenvalue weighted by molar-refractivity contribution is -0.139. The van der Waals surface area contributed by atoms with Crippen molar-refractivity contribution in [2.45, 2.75) is 71.0 Å². The monoisotopic (exact) mass is 368 g/mol. The highest BCUT2D eigenvalue weighted by Gasteiger charge is 2.24. The first-order chi connectivity index (χ1) is 12.5. The summed E-state index contributed by atoms with van der Waals surface area (Å²) in [7, 11) is 0. The Labute approximate surface area is 156 Å². The van der Waals surface area contributed by atoms with Crippen LogP contribution in [0.25, 0.3) is 0 Å². The first-order valence-electron chi connectivity index (χ1n) is 9.48. The Kier molecular flexibility index (Phi) is 10.9. The summed E-state index contributed by atoms with van der Waals surface area (Å²) in [5.74, 6) is -1.06. The predicted octanol–water partition coefficient (Wildman–Crippen LogP) is 3.65. The minimum Gasteiger partial charge on any atom is -0.478 e. The zero-order valence-electron chi connectivity index (χ0n) is 16.0. The number of ether oxygens (including phenoxy) is 3. The molecule has 148 valence electrons. The second kappa shape index (κ2) is 12.7. The number of rotatable bonds is 12. The van der Waals surface area contributed by atoms with E-state index >= 15 is 0 Å². The van der Waals surface area contributed by atoms with Crippen LogP contribution in [0.3, 0.4) is 0 Å². The van der Waals surface area contributed by atoms with Crippen molar-refractivity contribution in [1.82, 2.24) is 0 Å². The number of carbonyl (C=O) groups is 2. The van der Waals surface area contributed by atoms with Gasteiger partial charge in [-0.1, -0.05) is 39.3 Å². The summed E-state index contributed by atoms with van der Waals surface area (Å²) in [5, 5.41) is 8.82. The van der Waals surface area contributed by atoms with E-state index in [1.165, 1.54) is 0 Å². The standard InChI is InChI=1S/2C10H16O3/c1-3-4-5-8(2)10(11)13-7-9-6-12-9;1-2-3-4-8(10(11)12)5-6-9-7-13-9/h9H,2-7H2,1H3;5,9H,2-4,6-7H2,1H3,(H,11,12). The van der Waals surface area contributed by atoms with Gasteiger partial charge in [0.1, 0.15) is 12.7 Å². The molecule has 0 aliphatic carbocycles. The highest BCUT2D eigenvalue weighted by Crippen LogP contribution is 2.17. The molecular weight excluding hydrogens is 336 g/mol. The van der Waals surface area contributed by atoms with Crippen molar-refractivity contribution in [2.75, 3.05) is 19.8 Å². The molecule has 2 atom stereocenters. The third-order valence-electron chi connectivity index (χ3n) is 4.03. The lowest BCUT2D eigenvalue weighted by Crippen LogP contribution is -2.11. The molecule has 0 saturated carbocycles. The van der Waals surface area contributed by atoms with E-state index in [2.05, 4.69) is 20.4 Å². The number of esters is 1. The SMILES string of the molecule is C=C(CCCC)C(=O)OCC1CO1.CCCCC(=CCC1CO1)C(=O)O. The highest BCUT2D eigenvalue weighted by molar-refractivity contribution is 5.87.